The first-order valence-electron chi connectivity index (χ1n) is 12.6. The van der Waals surface area contributed by atoms with Gasteiger partial charge < -0.3 is 15.5 Å². The van der Waals surface area contributed by atoms with Crippen LogP contribution in [0.2, 0.25) is 0 Å². The Balaban J connectivity index is 1.26. The Kier molecular flexibility index (Phi) is 7.10. The number of aromatic nitrogens is 1. The van der Waals surface area contributed by atoms with Crippen molar-refractivity contribution in [1.29, 1.82) is 0 Å². The maximum Gasteiger partial charge on any atom is 0.231 e. The number of carbonyl (C=O) groups is 1. The summed E-state index contributed by atoms with van der Waals surface area (Å²) in [4.78, 5) is 19.7. The van der Waals surface area contributed by atoms with Crippen LogP contribution in [0.1, 0.15) is 24.1 Å². The molecule has 5 heteroatoms. The molecular formula is C31H32N4O. The first-order chi connectivity index (χ1) is 17.6. The van der Waals surface area contributed by atoms with Gasteiger partial charge in [0.2, 0.25) is 5.91 Å². The lowest BCUT2D eigenvalue weighted by Gasteiger charge is -2.29. The van der Waals surface area contributed by atoms with E-state index in [2.05, 4.69) is 63.0 Å². The summed E-state index contributed by atoms with van der Waals surface area (Å²) in [5.41, 5.74) is 8.53. The van der Waals surface area contributed by atoms with Crippen LogP contribution in [0.5, 0.6) is 0 Å². The standard InChI is InChI=1S/C31H32N4O/c1-22-20-28(14-15-33-22)24-6-10-29(11-7-24)34-31(36)23(2)26-4-3-5-27(21-26)25-8-12-30(13-9-25)35-18-16-32-17-19-35/h3-15,20-21,23,32H,16-19H2,1-2H3,(H,34,36)/t23-/m1/s1. The van der Waals surface area contributed by atoms with Gasteiger partial charge in [-0.2, -0.15) is 0 Å². The Morgan fingerprint density at radius 2 is 1.53 bits per heavy atom. The normalized spacial score (nSPS) is 14.3. The molecule has 5 nitrogen and oxygen atoms in total. The van der Waals surface area contributed by atoms with Crippen LogP contribution in [-0.4, -0.2) is 37.1 Å². The Hall–Kier alpha value is -3.96. The average molecular weight is 477 g/mol. The summed E-state index contributed by atoms with van der Waals surface area (Å²) in [7, 11) is 0. The van der Waals surface area contributed by atoms with E-state index >= 15 is 0 Å². The van der Waals surface area contributed by atoms with E-state index in [0.29, 0.717) is 0 Å². The van der Waals surface area contributed by atoms with Crippen molar-refractivity contribution in [2.75, 3.05) is 36.4 Å². The van der Waals surface area contributed by atoms with Gasteiger partial charge in [-0.3, -0.25) is 9.78 Å². The average Bonchev–Trinajstić information content (AvgIpc) is 2.94. The highest BCUT2D eigenvalue weighted by atomic mass is 16.1. The van der Waals surface area contributed by atoms with Crippen molar-refractivity contribution in [3.63, 3.8) is 0 Å². The number of piperazine rings is 1. The number of anilines is 2. The van der Waals surface area contributed by atoms with E-state index in [4.69, 9.17) is 0 Å². The van der Waals surface area contributed by atoms with Crippen LogP contribution in [0.25, 0.3) is 22.3 Å². The van der Waals surface area contributed by atoms with Gasteiger partial charge in [0.15, 0.2) is 0 Å². The molecule has 1 amide bonds. The number of benzene rings is 3. The number of amides is 1. The Bertz CT molecular complexity index is 1330. The van der Waals surface area contributed by atoms with E-state index in [0.717, 1.165) is 65.4 Å². The molecule has 3 aromatic carbocycles. The molecular weight excluding hydrogens is 444 g/mol. The fourth-order valence-electron chi connectivity index (χ4n) is 4.65. The molecule has 1 saturated heterocycles. The van der Waals surface area contributed by atoms with Gasteiger partial charge in [-0.05, 0) is 78.1 Å². The molecule has 1 aliphatic rings. The number of nitrogens with one attached hydrogen (secondary N) is 2. The van der Waals surface area contributed by atoms with Gasteiger partial charge in [-0.25, -0.2) is 0 Å². The van der Waals surface area contributed by atoms with Gasteiger partial charge in [0.1, 0.15) is 0 Å². The van der Waals surface area contributed by atoms with E-state index in [1.54, 1.807) is 0 Å². The number of aryl methyl sites for hydroxylation is 1. The van der Waals surface area contributed by atoms with Crippen LogP contribution in [0, 0.1) is 6.92 Å². The van der Waals surface area contributed by atoms with Crippen LogP contribution >= 0.6 is 0 Å². The molecule has 4 aromatic rings. The van der Waals surface area contributed by atoms with Crippen LogP contribution in [0.15, 0.2) is 91.1 Å². The van der Waals surface area contributed by atoms with Crippen molar-refractivity contribution in [2.45, 2.75) is 19.8 Å². The third-order valence-corrected chi connectivity index (χ3v) is 6.85. The molecule has 2 heterocycles. The molecule has 0 unspecified atom stereocenters. The van der Waals surface area contributed by atoms with E-state index in [-0.39, 0.29) is 11.8 Å². The van der Waals surface area contributed by atoms with Crippen molar-refractivity contribution in [3.05, 3.63) is 102 Å². The van der Waals surface area contributed by atoms with E-state index in [1.165, 1.54) is 5.69 Å². The number of hydrogen-bond donors (Lipinski definition) is 2. The van der Waals surface area contributed by atoms with Crippen molar-refractivity contribution < 1.29 is 4.79 Å². The molecule has 0 aliphatic carbocycles. The van der Waals surface area contributed by atoms with Gasteiger partial charge in [0, 0.05) is 49.4 Å². The fraction of sp³-hybridized carbons (Fsp3) is 0.226. The first-order valence-corrected chi connectivity index (χ1v) is 12.6. The lowest BCUT2D eigenvalue weighted by molar-refractivity contribution is -0.117. The minimum atomic E-state index is -0.271. The molecule has 36 heavy (non-hydrogen) atoms. The van der Waals surface area contributed by atoms with Crippen molar-refractivity contribution in [1.82, 2.24) is 10.3 Å². The zero-order valence-corrected chi connectivity index (χ0v) is 20.9. The largest absolute Gasteiger partial charge is 0.369 e. The second kappa shape index (κ2) is 10.8. The Morgan fingerprint density at radius 1 is 0.861 bits per heavy atom. The number of rotatable bonds is 6. The second-order valence-electron chi connectivity index (χ2n) is 9.38. The molecule has 1 aliphatic heterocycles. The molecule has 0 bridgehead atoms. The van der Waals surface area contributed by atoms with E-state index in [1.807, 2.05) is 62.5 Å². The monoisotopic (exact) mass is 476 g/mol. The minimum absolute atomic E-state index is 0.0197. The van der Waals surface area contributed by atoms with Crippen LogP contribution < -0.4 is 15.5 Å². The molecule has 0 saturated carbocycles. The summed E-state index contributed by atoms with van der Waals surface area (Å²) in [5.74, 6) is -0.290. The van der Waals surface area contributed by atoms with E-state index < -0.39 is 0 Å². The summed E-state index contributed by atoms with van der Waals surface area (Å²) >= 11 is 0. The predicted octanol–water partition coefficient (Wildman–Crippen LogP) is 5.88. The van der Waals surface area contributed by atoms with Gasteiger partial charge >= 0.3 is 0 Å². The summed E-state index contributed by atoms with van der Waals surface area (Å²) < 4.78 is 0. The highest BCUT2D eigenvalue weighted by Crippen LogP contribution is 2.28. The molecule has 1 aromatic heterocycles. The van der Waals surface area contributed by atoms with Crippen LogP contribution in [0.4, 0.5) is 11.4 Å². The lowest BCUT2D eigenvalue weighted by atomic mass is 9.95. The van der Waals surface area contributed by atoms with Crippen LogP contribution in [0.3, 0.4) is 0 Å². The quantitative estimate of drug-likeness (QED) is 0.365. The van der Waals surface area contributed by atoms with Gasteiger partial charge in [-0.15, -0.1) is 0 Å². The smallest absolute Gasteiger partial charge is 0.231 e. The zero-order valence-electron chi connectivity index (χ0n) is 20.9. The van der Waals surface area contributed by atoms with Gasteiger partial charge in [0.25, 0.3) is 0 Å². The highest BCUT2D eigenvalue weighted by Gasteiger charge is 2.17. The Labute approximate surface area is 213 Å². The highest BCUT2D eigenvalue weighted by molar-refractivity contribution is 5.96. The van der Waals surface area contributed by atoms with Gasteiger partial charge in [0.05, 0.1) is 5.92 Å². The summed E-state index contributed by atoms with van der Waals surface area (Å²) in [6.07, 6.45) is 1.82. The first kappa shape index (κ1) is 23.8. The maximum atomic E-state index is 13.0. The van der Waals surface area contributed by atoms with Crippen molar-refractivity contribution in [2.24, 2.45) is 0 Å². The zero-order chi connectivity index (χ0) is 24.9. The maximum absolute atomic E-state index is 13.0. The van der Waals surface area contributed by atoms with Crippen molar-refractivity contribution >= 4 is 17.3 Å². The van der Waals surface area contributed by atoms with Gasteiger partial charge in [-0.1, -0.05) is 48.5 Å². The molecule has 5 rings (SSSR count). The topological polar surface area (TPSA) is 57.3 Å². The summed E-state index contributed by atoms with van der Waals surface area (Å²) in [6, 6.07) is 29.0. The molecule has 2 N–H and O–H groups in total. The van der Waals surface area contributed by atoms with Crippen molar-refractivity contribution in [3.8, 4) is 22.3 Å². The molecule has 0 spiro atoms. The Morgan fingerprint density at radius 3 is 2.22 bits per heavy atom. The summed E-state index contributed by atoms with van der Waals surface area (Å²) in [6.45, 7) is 8.06. The summed E-state index contributed by atoms with van der Waals surface area (Å²) in [5, 5.41) is 6.47. The number of nitrogens with zero attached hydrogens (tertiary/aromatic N) is 2. The fourth-order valence-corrected chi connectivity index (χ4v) is 4.65. The minimum Gasteiger partial charge on any atom is -0.369 e. The number of hydrogen-bond acceptors (Lipinski definition) is 4. The van der Waals surface area contributed by atoms with Crippen LogP contribution in [-0.2, 0) is 4.79 Å². The third kappa shape index (κ3) is 5.47. The predicted molar refractivity (Wildman–Crippen MR) is 148 cm³/mol. The third-order valence-electron chi connectivity index (χ3n) is 6.85. The number of carbonyl (C=O) groups excluding carboxylic acids is 1. The second-order valence-corrected chi connectivity index (χ2v) is 9.38. The molecule has 1 fully saturated rings. The number of pyridine rings is 1. The lowest BCUT2D eigenvalue weighted by Crippen LogP contribution is -2.43. The van der Waals surface area contributed by atoms with E-state index in [9.17, 15) is 4.79 Å². The molecule has 1 atom stereocenters. The molecule has 0 radical (unpaired) electrons. The SMILES string of the molecule is Cc1cc(-c2ccc(NC(=O)[C@H](C)c3cccc(-c4ccc(N5CCNCC5)cc4)c3)cc2)ccn1. The molecule has 182 valence electrons.